The number of carbonyl (C=O) groups excluding carboxylic acids is 4. The average Bonchev–Trinajstić information content (AvgIpc) is 3.12. The minimum Gasteiger partial charge on any atom is -0.480 e. The van der Waals surface area contributed by atoms with Gasteiger partial charge >= 0.3 is 5.97 Å². The second-order valence-corrected chi connectivity index (χ2v) is 6.95. The van der Waals surface area contributed by atoms with Crippen molar-refractivity contribution >= 4 is 29.6 Å². The number of rotatable bonds is 10. The summed E-state index contributed by atoms with van der Waals surface area (Å²) in [5.41, 5.74) is 10.6. The summed E-state index contributed by atoms with van der Waals surface area (Å²) in [5, 5.41) is 14.1. The maximum absolute atomic E-state index is 12.5. The van der Waals surface area contributed by atoms with Crippen molar-refractivity contribution in [2.45, 2.75) is 57.7 Å². The van der Waals surface area contributed by atoms with Gasteiger partial charge in [-0.05, 0) is 18.8 Å². The highest BCUT2D eigenvalue weighted by molar-refractivity contribution is 5.94. The van der Waals surface area contributed by atoms with Crippen molar-refractivity contribution in [3.8, 4) is 0 Å². The van der Waals surface area contributed by atoms with Gasteiger partial charge in [0.1, 0.15) is 12.1 Å². The molecular formula is C17H29N5O6. The first kappa shape index (κ1) is 23.3. The maximum Gasteiger partial charge on any atom is 0.326 e. The first-order valence-electron chi connectivity index (χ1n) is 9.22. The van der Waals surface area contributed by atoms with E-state index >= 15 is 0 Å². The average molecular weight is 399 g/mol. The molecule has 158 valence electrons. The predicted molar refractivity (Wildman–Crippen MR) is 98.6 cm³/mol. The Balaban J connectivity index is 2.69. The summed E-state index contributed by atoms with van der Waals surface area (Å²) in [6, 6.07) is -3.03. The van der Waals surface area contributed by atoms with Crippen molar-refractivity contribution in [3.05, 3.63) is 0 Å². The number of hydrogen-bond acceptors (Lipinski definition) is 6. The molecule has 0 aliphatic carbocycles. The molecular weight excluding hydrogens is 370 g/mol. The molecule has 4 atom stereocenters. The highest BCUT2D eigenvalue weighted by Gasteiger charge is 2.34. The van der Waals surface area contributed by atoms with E-state index in [0.29, 0.717) is 25.8 Å². The molecule has 1 aliphatic heterocycles. The lowest BCUT2D eigenvalue weighted by Crippen LogP contribution is -2.56. The third kappa shape index (κ3) is 6.48. The molecule has 11 nitrogen and oxygen atoms in total. The third-order valence-electron chi connectivity index (χ3n) is 4.82. The Bertz CT molecular complexity index is 625. The lowest BCUT2D eigenvalue weighted by molar-refractivity contribution is -0.148. The molecule has 0 aromatic rings. The Hall–Kier alpha value is -2.69. The molecule has 4 amide bonds. The molecule has 1 aliphatic rings. The van der Waals surface area contributed by atoms with Crippen molar-refractivity contribution in [2.75, 3.05) is 13.1 Å². The van der Waals surface area contributed by atoms with E-state index in [0.717, 1.165) is 0 Å². The molecule has 11 heteroatoms. The molecule has 7 N–H and O–H groups in total. The van der Waals surface area contributed by atoms with Crippen LogP contribution in [-0.4, -0.2) is 70.8 Å². The quantitative estimate of drug-likeness (QED) is 0.279. The summed E-state index contributed by atoms with van der Waals surface area (Å²) in [6.07, 6.45) is 1.16. The molecule has 1 rings (SSSR count). The zero-order valence-corrected chi connectivity index (χ0v) is 16.1. The molecule has 1 heterocycles. The van der Waals surface area contributed by atoms with Crippen LogP contribution in [0.25, 0.3) is 0 Å². The van der Waals surface area contributed by atoms with Crippen LogP contribution in [-0.2, 0) is 24.0 Å². The highest BCUT2D eigenvalue weighted by atomic mass is 16.4. The predicted octanol–water partition coefficient (Wildman–Crippen LogP) is -2.09. The molecule has 1 saturated heterocycles. The number of hydrogen-bond donors (Lipinski definition) is 5. The van der Waals surface area contributed by atoms with Gasteiger partial charge in [-0.2, -0.15) is 0 Å². The van der Waals surface area contributed by atoms with Crippen LogP contribution in [0.2, 0.25) is 0 Å². The fraction of sp³-hybridized carbons (Fsp3) is 0.706. The fourth-order valence-corrected chi connectivity index (χ4v) is 2.97. The molecule has 28 heavy (non-hydrogen) atoms. The summed E-state index contributed by atoms with van der Waals surface area (Å²) in [7, 11) is 0. The molecule has 4 unspecified atom stereocenters. The van der Waals surface area contributed by atoms with Crippen LogP contribution in [0.5, 0.6) is 0 Å². The number of carboxylic acid groups (broad SMARTS) is 1. The van der Waals surface area contributed by atoms with E-state index in [1.165, 1.54) is 4.90 Å². The zero-order chi connectivity index (χ0) is 21.4. The van der Waals surface area contributed by atoms with E-state index < -0.39 is 47.7 Å². The second-order valence-electron chi connectivity index (χ2n) is 6.95. The lowest BCUT2D eigenvalue weighted by Gasteiger charge is -2.26. The number of carbonyl (C=O) groups is 5. The Morgan fingerprint density at radius 2 is 1.86 bits per heavy atom. The second kappa shape index (κ2) is 10.6. The van der Waals surface area contributed by atoms with Crippen molar-refractivity contribution in [1.29, 1.82) is 0 Å². The largest absolute Gasteiger partial charge is 0.480 e. The zero-order valence-electron chi connectivity index (χ0n) is 16.1. The number of primary amides is 1. The van der Waals surface area contributed by atoms with E-state index in [4.69, 9.17) is 16.6 Å². The molecule has 0 radical (unpaired) electrons. The summed E-state index contributed by atoms with van der Waals surface area (Å²) in [4.78, 5) is 60.2. The van der Waals surface area contributed by atoms with Crippen LogP contribution in [0.3, 0.4) is 0 Å². The van der Waals surface area contributed by atoms with Crippen LogP contribution in [0.15, 0.2) is 0 Å². The van der Waals surface area contributed by atoms with Gasteiger partial charge in [0, 0.05) is 6.54 Å². The van der Waals surface area contributed by atoms with E-state index in [2.05, 4.69) is 10.6 Å². The van der Waals surface area contributed by atoms with Crippen molar-refractivity contribution in [3.63, 3.8) is 0 Å². The van der Waals surface area contributed by atoms with Crippen LogP contribution >= 0.6 is 0 Å². The molecule has 0 aromatic carbocycles. The number of carboxylic acids is 1. The first-order valence-corrected chi connectivity index (χ1v) is 9.22. The van der Waals surface area contributed by atoms with Gasteiger partial charge in [-0.3, -0.25) is 19.2 Å². The summed E-state index contributed by atoms with van der Waals surface area (Å²) >= 11 is 0. The first-order chi connectivity index (χ1) is 13.1. The minimum absolute atomic E-state index is 0.265. The SMILES string of the molecule is CCC(C)C(NC(=O)C(N)CC(N)=O)C(=O)NCC(=O)N1CCCC1C(=O)O. The van der Waals surface area contributed by atoms with E-state index in [1.807, 2.05) is 6.92 Å². The van der Waals surface area contributed by atoms with Crippen molar-refractivity contribution in [2.24, 2.45) is 17.4 Å². The molecule has 0 spiro atoms. The summed E-state index contributed by atoms with van der Waals surface area (Å²) in [6.45, 7) is 3.51. The number of nitrogens with two attached hydrogens (primary N) is 2. The maximum atomic E-state index is 12.5. The topological polar surface area (TPSA) is 185 Å². The van der Waals surface area contributed by atoms with Crippen LogP contribution in [0.4, 0.5) is 0 Å². The molecule has 0 aromatic heterocycles. The Morgan fingerprint density at radius 3 is 2.39 bits per heavy atom. The smallest absolute Gasteiger partial charge is 0.326 e. The normalized spacial score (nSPS) is 19.4. The van der Waals surface area contributed by atoms with Crippen LogP contribution in [0.1, 0.15) is 39.5 Å². The van der Waals surface area contributed by atoms with Gasteiger partial charge in [-0.25, -0.2) is 4.79 Å². The van der Waals surface area contributed by atoms with Crippen molar-refractivity contribution in [1.82, 2.24) is 15.5 Å². The van der Waals surface area contributed by atoms with E-state index in [-0.39, 0.29) is 18.9 Å². The molecule has 1 fully saturated rings. The number of aliphatic carboxylic acids is 1. The Morgan fingerprint density at radius 1 is 1.21 bits per heavy atom. The van der Waals surface area contributed by atoms with Crippen molar-refractivity contribution < 1.29 is 29.1 Å². The third-order valence-corrected chi connectivity index (χ3v) is 4.82. The molecule has 0 saturated carbocycles. The number of nitrogens with one attached hydrogen (secondary N) is 2. The number of nitrogens with zero attached hydrogens (tertiary/aromatic N) is 1. The monoisotopic (exact) mass is 399 g/mol. The lowest BCUT2D eigenvalue weighted by atomic mass is 9.97. The summed E-state index contributed by atoms with van der Waals surface area (Å²) < 4.78 is 0. The highest BCUT2D eigenvalue weighted by Crippen LogP contribution is 2.17. The summed E-state index contributed by atoms with van der Waals surface area (Å²) in [5.74, 6) is -3.87. The van der Waals surface area contributed by atoms with Gasteiger partial charge < -0.3 is 32.1 Å². The number of likely N-dealkylation sites (tertiary alicyclic amines) is 1. The fourth-order valence-electron chi connectivity index (χ4n) is 2.97. The van der Waals surface area contributed by atoms with Gasteiger partial charge in [0.25, 0.3) is 0 Å². The van der Waals surface area contributed by atoms with Crippen LogP contribution < -0.4 is 22.1 Å². The minimum atomic E-state index is -1.18. The Labute approximate surface area is 163 Å². The number of amides is 4. The Kier molecular flexibility index (Phi) is 8.83. The van der Waals surface area contributed by atoms with Crippen LogP contribution in [0, 0.1) is 5.92 Å². The van der Waals surface area contributed by atoms with E-state index in [1.54, 1.807) is 6.92 Å². The van der Waals surface area contributed by atoms with Gasteiger partial charge in [0.15, 0.2) is 0 Å². The van der Waals surface area contributed by atoms with E-state index in [9.17, 15) is 24.0 Å². The van der Waals surface area contributed by atoms with Gasteiger partial charge in [0.05, 0.1) is 19.0 Å². The van der Waals surface area contributed by atoms with Gasteiger partial charge in [-0.1, -0.05) is 20.3 Å². The molecule has 0 bridgehead atoms. The van der Waals surface area contributed by atoms with Gasteiger partial charge in [-0.15, -0.1) is 0 Å². The standard InChI is InChI=1S/C17H29N5O6/c1-3-9(2)14(21-15(25)10(18)7-12(19)23)16(26)20-8-13(24)22-6-4-5-11(22)17(27)28/h9-11,14H,3-8,18H2,1-2H3,(H2,19,23)(H,20,26)(H,21,25)(H,27,28). The van der Waals surface area contributed by atoms with Gasteiger partial charge in [0.2, 0.25) is 23.6 Å².